The van der Waals surface area contributed by atoms with E-state index in [0.29, 0.717) is 44.9 Å². The summed E-state index contributed by atoms with van der Waals surface area (Å²) in [4.78, 5) is 32.1. The first kappa shape index (κ1) is 33.6. The minimum Gasteiger partial charge on any atom is -0.497 e. The predicted molar refractivity (Wildman–Crippen MR) is 176 cm³/mol. The number of benzene rings is 3. The number of morpholine rings is 1. The maximum atomic E-state index is 14.0. The van der Waals surface area contributed by atoms with Gasteiger partial charge in [0.15, 0.2) is 0 Å². The Morgan fingerprint density at radius 2 is 1.61 bits per heavy atom. The molecule has 246 valence electrons. The third-order valence-corrected chi connectivity index (χ3v) is 9.91. The molecular weight excluding hydrogens is 604 g/mol. The monoisotopic (exact) mass is 648 g/mol. The molecule has 46 heavy (non-hydrogen) atoms. The lowest BCUT2D eigenvalue weighted by molar-refractivity contribution is -0.141. The fourth-order valence-electron chi connectivity index (χ4n) is 5.48. The van der Waals surface area contributed by atoms with Gasteiger partial charge in [-0.25, -0.2) is 13.1 Å². The Kier molecular flexibility index (Phi) is 11.8. The van der Waals surface area contributed by atoms with Gasteiger partial charge in [-0.2, -0.15) is 0 Å². The molecule has 1 heterocycles. The lowest BCUT2D eigenvalue weighted by atomic mass is 10.0. The highest BCUT2D eigenvalue weighted by atomic mass is 32.2. The van der Waals surface area contributed by atoms with Gasteiger partial charge in [0.1, 0.15) is 11.8 Å². The molecule has 1 atom stereocenters. The highest BCUT2D eigenvalue weighted by molar-refractivity contribution is 7.89. The van der Waals surface area contributed by atoms with Crippen LogP contribution in [0.25, 0.3) is 0 Å². The van der Waals surface area contributed by atoms with Crippen LogP contribution in [0.15, 0.2) is 83.8 Å². The molecule has 11 heteroatoms. The molecule has 1 aliphatic carbocycles. The van der Waals surface area contributed by atoms with Crippen LogP contribution in [0.5, 0.6) is 5.75 Å². The van der Waals surface area contributed by atoms with Gasteiger partial charge in [0.25, 0.3) is 0 Å². The Morgan fingerprint density at radius 3 is 2.26 bits per heavy atom. The van der Waals surface area contributed by atoms with E-state index in [1.54, 1.807) is 36.3 Å². The maximum Gasteiger partial charge on any atom is 0.243 e. The lowest BCUT2D eigenvalue weighted by Gasteiger charge is -2.32. The second kappa shape index (κ2) is 16.2. The Hall–Kier alpha value is -3.77. The van der Waals surface area contributed by atoms with Gasteiger partial charge < -0.3 is 19.7 Å². The first-order chi connectivity index (χ1) is 22.3. The zero-order valence-electron chi connectivity index (χ0n) is 26.4. The number of nitrogens with one attached hydrogen (secondary N) is 2. The third kappa shape index (κ3) is 9.86. The molecule has 2 N–H and O–H groups in total. The van der Waals surface area contributed by atoms with Crippen molar-refractivity contribution in [3.05, 3.63) is 95.6 Å². The Morgan fingerprint density at radius 1 is 0.935 bits per heavy atom. The molecule has 2 amide bonds. The Labute approximate surface area is 272 Å². The molecule has 10 nitrogen and oxygen atoms in total. The zero-order chi connectivity index (χ0) is 32.4. The van der Waals surface area contributed by atoms with Gasteiger partial charge >= 0.3 is 0 Å². The fraction of sp³-hybridized carbons (Fsp3) is 0.429. The number of amides is 2. The summed E-state index contributed by atoms with van der Waals surface area (Å²) in [6.07, 6.45) is 2.67. The van der Waals surface area contributed by atoms with Crippen LogP contribution in [0.3, 0.4) is 0 Å². The summed E-state index contributed by atoms with van der Waals surface area (Å²) in [5.74, 6) is 0.352. The molecule has 3 aromatic rings. The molecule has 5 rings (SSSR count). The van der Waals surface area contributed by atoms with Crippen LogP contribution in [0.4, 0.5) is 0 Å². The predicted octanol–water partition coefficient (Wildman–Crippen LogP) is 3.16. The van der Waals surface area contributed by atoms with E-state index >= 15 is 0 Å². The zero-order valence-corrected chi connectivity index (χ0v) is 27.2. The molecule has 0 aromatic heterocycles. The van der Waals surface area contributed by atoms with E-state index in [-0.39, 0.29) is 35.7 Å². The summed E-state index contributed by atoms with van der Waals surface area (Å²) in [7, 11) is -1.95. The number of carbonyl (C=O) groups is 2. The van der Waals surface area contributed by atoms with Crippen molar-refractivity contribution in [3.63, 3.8) is 0 Å². The first-order valence-electron chi connectivity index (χ1n) is 16.0. The van der Waals surface area contributed by atoms with Crippen molar-refractivity contribution in [1.29, 1.82) is 0 Å². The van der Waals surface area contributed by atoms with Crippen LogP contribution in [-0.2, 0) is 43.7 Å². The molecule has 1 saturated heterocycles. The summed E-state index contributed by atoms with van der Waals surface area (Å²) >= 11 is 0. The van der Waals surface area contributed by atoms with Crippen LogP contribution in [0, 0.1) is 0 Å². The van der Waals surface area contributed by atoms with Crippen molar-refractivity contribution in [1.82, 2.24) is 19.8 Å². The number of ether oxygens (including phenoxy) is 2. The van der Waals surface area contributed by atoms with E-state index in [4.69, 9.17) is 9.47 Å². The molecule has 1 saturated carbocycles. The van der Waals surface area contributed by atoms with E-state index in [1.165, 1.54) is 0 Å². The number of carbonyl (C=O) groups excluding carboxylic acids is 2. The van der Waals surface area contributed by atoms with Gasteiger partial charge in [-0.3, -0.25) is 14.5 Å². The molecular formula is C35H44N4O6S. The van der Waals surface area contributed by atoms with Crippen LogP contribution < -0.4 is 14.8 Å². The molecule has 3 aromatic carbocycles. The van der Waals surface area contributed by atoms with Gasteiger partial charge in [-0.1, -0.05) is 54.6 Å². The molecule has 0 spiro atoms. The highest BCUT2D eigenvalue weighted by Gasteiger charge is 2.31. The fourth-order valence-corrected chi connectivity index (χ4v) is 6.79. The van der Waals surface area contributed by atoms with Crippen LogP contribution >= 0.6 is 0 Å². The minimum atomic E-state index is -3.55. The van der Waals surface area contributed by atoms with Crippen LogP contribution in [-0.4, -0.2) is 88.6 Å². The average Bonchev–Trinajstić information content (AvgIpc) is 3.90. The number of rotatable bonds is 16. The van der Waals surface area contributed by atoms with Crippen molar-refractivity contribution in [2.45, 2.75) is 55.6 Å². The lowest BCUT2D eigenvalue weighted by Crippen LogP contribution is -2.52. The van der Waals surface area contributed by atoms with E-state index in [9.17, 15) is 18.0 Å². The van der Waals surface area contributed by atoms with Gasteiger partial charge in [0.2, 0.25) is 21.8 Å². The Balaban J connectivity index is 1.32. The van der Waals surface area contributed by atoms with Crippen molar-refractivity contribution in [2.75, 3.05) is 46.5 Å². The summed E-state index contributed by atoms with van der Waals surface area (Å²) < 4.78 is 38.6. The number of nitrogens with zero attached hydrogens (tertiary/aromatic N) is 2. The third-order valence-electron chi connectivity index (χ3n) is 8.37. The van der Waals surface area contributed by atoms with Crippen molar-refractivity contribution in [2.24, 2.45) is 0 Å². The standard InChI is InChI=1S/C35H44N4O6S/c1-44-31-14-7-29(8-15-31)26-39(34(40)18-11-27-9-16-32(17-10-27)46(42,43)37-30-12-13-30)33(25-28-5-3-2-4-6-28)35(41)36-19-20-38-21-23-45-24-22-38/h2-10,14-17,30,33,37H,11-13,18-26H2,1H3,(H,36,41)/t33-/m0/s1. The first-order valence-corrected chi connectivity index (χ1v) is 17.4. The number of aryl methyl sites for hydroxylation is 1. The summed E-state index contributed by atoms with van der Waals surface area (Å²) in [5, 5.41) is 3.10. The molecule has 2 fully saturated rings. The minimum absolute atomic E-state index is 0.0272. The van der Waals surface area contributed by atoms with E-state index < -0.39 is 16.1 Å². The quantitative estimate of drug-likeness (QED) is 0.245. The summed E-state index contributed by atoms with van der Waals surface area (Å²) in [6.45, 7) is 4.46. The molecule has 1 aliphatic heterocycles. The molecule has 2 aliphatic rings. The molecule has 0 unspecified atom stereocenters. The molecule has 0 radical (unpaired) electrons. The number of hydrogen-bond donors (Lipinski definition) is 2. The second-order valence-corrected chi connectivity index (χ2v) is 13.6. The summed E-state index contributed by atoms with van der Waals surface area (Å²) in [6, 6.07) is 23.2. The molecule has 0 bridgehead atoms. The van der Waals surface area contributed by atoms with Crippen molar-refractivity contribution < 1.29 is 27.5 Å². The van der Waals surface area contributed by atoms with Gasteiger partial charge in [-0.05, 0) is 60.2 Å². The van der Waals surface area contributed by atoms with Crippen LogP contribution in [0.1, 0.15) is 36.0 Å². The normalized spacial score (nSPS) is 16.0. The number of methoxy groups -OCH3 is 1. The average molecular weight is 649 g/mol. The van der Waals surface area contributed by atoms with Gasteiger partial charge in [0, 0.05) is 51.6 Å². The number of hydrogen-bond acceptors (Lipinski definition) is 7. The van der Waals surface area contributed by atoms with E-state index in [0.717, 1.165) is 42.6 Å². The maximum absolute atomic E-state index is 14.0. The van der Waals surface area contributed by atoms with Gasteiger partial charge in [0.05, 0.1) is 25.2 Å². The highest BCUT2D eigenvalue weighted by Crippen LogP contribution is 2.23. The second-order valence-electron chi connectivity index (χ2n) is 11.9. The SMILES string of the molecule is COc1ccc(CN(C(=O)CCc2ccc(S(=O)(=O)NC3CC3)cc2)[C@@H](Cc2ccccc2)C(=O)NCCN2CCOCC2)cc1. The van der Waals surface area contributed by atoms with E-state index in [1.807, 2.05) is 54.6 Å². The summed E-state index contributed by atoms with van der Waals surface area (Å²) in [5.41, 5.74) is 2.68. The smallest absolute Gasteiger partial charge is 0.243 e. The van der Waals surface area contributed by atoms with Crippen LogP contribution in [0.2, 0.25) is 0 Å². The largest absolute Gasteiger partial charge is 0.497 e. The van der Waals surface area contributed by atoms with Crippen molar-refractivity contribution in [3.8, 4) is 5.75 Å². The Bertz CT molecular complexity index is 1520. The van der Waals surface area contributed by atoms with Gasteiger partial charge in [-0.15, -0.1) is 0 Å². The topological polar surface area (TPSA) is 117 Å². The number of sulfonamides is 1. The van der Waals surface area contributed by atoms with E-state index in [2.05, 4.69) is 14.9 Å². The van der Waals surface area contributed by atoms with Crippen molar-refractivity contribution >= 4 is 21.8 Å².